The molecular weight excluding hydrogens is 230 g/mol. The Balaban J connectivity index is 1.96. The number of rotatable bonds is 3. The van der Waals surface area contributed by atoms with E-state index in [9.17, 15) is 0 Å². The molecule has 0 aromatic carbocycles. The number of nitrogens with one attached hydrogen (secondary N) is 1. The van der Waals surface area contributed by atoms with Crippen LogP contribution in [-0.4, -0.2) is 49.3 Å². The normalized spacial score (nSPS) is 20.3. The Morgan fingerprint density at radius 3 is 3.28 bits per heavy atom. The van der Waals surface area contributed by atoms with Crippen LogP contribution in [0, 0.1) is 11.3 Å². The molecule has 1 aromatic heterocycles. The summed E-state index contributed by atoms with van der Waals surface area (Å²) in [5.41, 5.74) is 6.54. The summed E-state index contributed by atoms with van der Waals surface area (Å²) in [4.78, 5) is 6.34. The number of ether oxygens (including phenoxy) is 1. The first-order chi connectivity index (χ1) is 8.69. The van der Waals surface area contributed by atoms with Crippen LogP contribution in [0.1, 0.15) is 5.56 Å². The highest BCUT2D eigenvalue weighted by Gasteiger charge is 2.17. The fraction of sp³-hybridized carbons (Fsp3) is 0.500. The molecule has 96 valence electrons. The number of nitriles is 1. The van der Waals surface area contributed by atoms with Crippen LogP contribution in [0.5, 0.6) is 0 Å². The van der Waals surface area contributed by atoms with Crippen LogP contribution in [0.4, 0.5) is 11.5 Å². The van der Waals surface area contributed by atoms with Gasteiger partial charge in [-0.1, -0.05) is 0 Å². The smallest absolute Gasteiger partial charge is 0.144 e. The summed E-state index contributed by atoms with van der Waals surface area (Å²) in [6, 6.07) is 3.69. The van der Waals surface area contributed by atoms with Gasteiger partial charge in [0.1, 0.15) is 11.9 Å². The van der Waals surface area contributed by atoms with Crippen LogP contribution in [0.25, 0.3) is 0 Å². The zero-order chi connectivity index (χ0) is 13.0. The van der Waals surface area contributed by atoms with Crippen molar-refractivity contribution in [1.29, 1.82) is 5.26 Å². The zero-order valence-electron chi connectivity index (χ0n) is 10.4. The standard InChI is InChI=1S/C12H17N5O/c1-17-2-3-18-11(8-17)7-16-12-9(5-13)4-10(14)6-15-12/h4,6,11H,2-3,7-8,14H2,1H3,(H,15,16). The van der Waals surface area contributed by atoms with E-state index in [-0.39, 0.29) is 6.10 Å². The monoisotopic (exact) mass is 247 g/mol. The predicted molar refractivity (Wildman–Crippen MR) is 69.1 cm³/mol. The van der Waals surface area contributed by atoms with E-state index in [0.29, 0.717) is 23.6 Å². The highest BCUT2D eigenvalue weighted by molar-refractivity contribution is 5.57. The lowest BCUT2D eigenvalue weighted by Gasteiger charge is -2.30. The second-order valence-electron chi connectivity index (χ2n) is 4.41. The molecule has 0 saturated carbocycles. The lowest BCUT2D eigenvalue weighted by atomic mass is 10.2. The summed E-state index contributed by atoms with van der Waals surface area (Å²) in [5, 5.41) is 12.1. The Labute approximate surface area is 106 Å². The largest absolute Gasteiger partial charge is 0.397 e. The SMILES string of the molecule is CN1CCOC(CNc2ncc(N)cc2C#N)C1. The summed E-state index contributed by atoms with van der Waals surface area (Å²) in [5.74, 6) is 0.559. The number of nitrogens with two attached hydrogens (primary N) is 1. The van der Waals surface area contributed by atoms with Gasteiger partial charge in [-0.25, -0.2) is 4.98 Å². The fourth-order valence-corrected chi connectivity index (χ4v) is 1.91. The molecule has 1 unspecified atom stereocenters. The van der Waals surface area contributed by atoms with E-state index in [2.05, 4.69) is 28.3 Å². The number of hydrogen-bond acceptors (Lipinski definition) is 6. The van der Waals surface area contributed by atoms with Crippen molar-refractivity contribution in [3.63, 3.8) is 0 Å². The van der Waals surface area contributed by atoms with Crippen molar-refractivity contribution in [2.75, 3.05) is 44.3 Å². The van der Waals surface area contributed by atoms with Gasteiger partial charge in [0.15, 0.2) is 0 Å². The minimum absolute atomic E-state index is 0.120. The summed E-state index contributed by atoms with van der Waals surface area (Å²) in [6.45, 7) is 3.21. The predicted octanol–water partition coefficient (Wildman–Crippen LogP) is 0.278. The van der Waals surface area contributed by atoms with Crippen LogP contribution in [0.3, 0.4) is 0 Å². The number of pyridine rings is 1. The second-order valence-corrected chi connectivity index (χ2v) is 4.41. The topological polar surface area (TPSA) is 87.2 Å². The molecule has 0 aliphatic carbocycles. The van der Waals surface area contributed by atoms with Crippen LogP contribution < -0.4 is 11.1 Å². The third-order valence-electron chi connectivity index (χ3n) is 2.87. The highest BCUT2D eigenvalue weighted by Crippen LogP contribution is 2.14. The molecule has 2 rings (SSSR count). The van der Waals surface area contributed by atoms with Gasteiger partial charge in [0.05, 0.1) is 30.2 Å². The van der Waals surface area contributed by atoms with Crippen molar-refractivity contribution in [3.05, 3.63) is 17.8 Å². The average molecular weight is 247 g/mol. The number of likely N-dealkylation sites (N-methyl/N-ethyl adjacent to an activating group) is 1. The summed E-state index contributed by atoms with van der Waals surface area (Å²) < 4.78 is 5.63. The molecular formula is C12H17N5O. The van der Waals surface area contributed by atoms with Crippen LogP contribution >= 0.6 is 0 Å². The molecule has 3 N–H and O–H groups in total. The molecule has 1 aliphatic rings. The van der Waals surface area contributed by atoms with Gasteiger partial charge in [-0.15, -0.1) is 0 Å². The first-order valence-electron chi connectivity index (χ1n) is 5.88. The lowest BCUT2D eigenvalue weighted by Crippen LogP contribution is -2.43. The molecule has 1 aromatic rings. The first kappa shape index (κ1) is 12.6. The lowest BCUT2D eigenvalue weighted by molar-refractivity contribution is -0.0117. The molecule has 1 aliphatic heterocycles. The number of morpholine rings is 1. The molecule has 0 radical (unpaired) electrons. The Hall–Kier alpha value is -1.84. The number of nitrogens with zero attached hydrogens (tertiary/aromatic N) is 3. The van der Waals surface area contributed by atoms with Gasteiger partial charge in [0.2, 0.25) is 0 Å². The summed E-state index contributed by atoms with van der Waals surface area (Å²) >= 11 is 0. The minimum Gasteiger partial charge on any atom is -0.397 e. The number of aromatic nitrogens is 1. The van der Waals surface area contributed by atoms with Gasteiger partial charge < -0.3 is 20.7 Å². The van der Waals surface area contributed by atoms with Gasteiger partial charge in [-0.2, -0.15) is 5.26 Å². The maximum Gasteiger partial charge on any atom is 0.144 e. The maximum atomic E-state index is 9.00. The van der Waals surface area contributed by atoms with Crippen LogP contribution in [-0.2, 0) is 4.74 Å². The van der Waals surface area contributed by atoms with Gasteiger partial charge in [0.25, 0.3) is 0 Å². The third-order valence-corrected chi connectivity index (χ3v) is 2.87. The van der Waals surface area contributed by atoms with Crippen molar-refractivity contribution in [1.82, 2.24) is 9.88 Å². The van der Waals surface area contributed by atoms with Crippen LogP contribution in [0.15, 0.2) is 12.3 Å². The van der Waals surface area contributed by atoms with Crippen molar-refractivity contribution in [3.8, 4) is 6.07 Å². The maximum absolute atomic E-state index is 9.00. The molecule has 0 bridgehead atoms. The van der Waals surface area contributed by atoms with Crippen LogP contribution in [0.2, 0.25) is 0 Å². The van der Waals surface area contributed by atoms with Gasteiger partial charge in [-0.05, 0) is 13.1 Å². The Morgan fingerprint density at radius 1 is 1.72 bits per heavy atom. The molecule has 6 nitrogen and oxygen atoms in total. The molecule has 1 atom stereocenters. The molecule has 2 heterocycles. The van der Waals surface area contributed by atoms with E-state index in [0.717, 1.165) is 19.7 Å². The Morgan fingerprint density at radius 2 is 2.56 bits per heavy atom. The number of anilines is 2. The first-order valence-corrected chi connectivity index (χ1v) is 5.88. The molecule has 1 fully saturated rings. The van der Waals surface area contributed by atoms with Crippen molar-refractivity contribution >= 4 is 11.5 Å². The van der Waals surface area contributed by atoms with E-state index < -0.39 is 0 Å². The molecule has 6 heteroatoms. The zero-order valence-corrected chi connectivity index (χ0v) is 10.4. The average Bonchev–Trinajstić information content (AvgIpc) is 2.37. The fourth-order valence-electron chi connectivity index (χ4n) is 1.91. The van der Waals surface area contributed by atoms with E-state index in [1.54, 1.807) is 6.07 Å². The van der Waals surface area contributed by atoms with Crippen molar-refractivity contribution in [2.24, 2.45) is 0 Å². The van der Waals surface area contributed by atoms with Gasteiger partial charge >= 0.3 is 0 Å². The quantitative estimate of drug-likeness (QED) is 0.797. The summed E-state index contributed by atoms with van der Waals surface area (Å²) in [6.07, 6.45) is 1.66. The van der Waals surface area contributed by atoms with E-state index >= 15 is 0 Å². The molecule has 0 spiro atoms. The highest BCUT2D eigenvalue weighted by atomic mass is 16.5. The number of nitrogen functional groups attached to an aromatic ring is 1. The third kappa shape index (κ3) is 3.09. The minimum atomic E-state index is 0.120. The molecule has 18 heavy (non-hydrogen) atoms. The van der Waals surface area contributed by atoms with E-state index in [1.807, 2.05) is 0 Å². The summed E-state index contributed by atoms with van der Waals surface area (Å²) in [7, 11) is 2.07. The van der Waals surface area contributed by atoms with E-state index in [4.69, 9.17) is 15.7 Å². The Bertz CT molecular complexity index is 456. The molecule has 1 saturated heterocycles. The number of hydrogen-bond donors (Lipinski definition) is 2. The second kappa shape index (κ2) is 5.67. The van der Waals surface area contributed by atoms with Gasteiger partial charge in [-0.3, -0.25) is 0 Å². The van der Waals surface area contributed by atoms with Crippen molar-refractivity contribution in [2.45, 2.75) is 6.10 Å². The Kier molecular flexibility index (Phi) is 3.97. The van der Waals surface area contributed by atoms with E-state index in [1.165, 1.54) is 6.20 Å². The van der Waals surface area contributed by atoms with Gasteiger partial charge in [0, 0.05) is 19.6 Å². The molecule has 0 amide bonds. The van der Waals surface area contributed by atoms with Crippen molar-refractivity contribution < 1.29 is 4.74 Å².